The van der Waals surface area contributed by atoms with Crippen molar-refractivity contribution in [2.24, 2.45) is 0 Å². The first-order chi connectivity index (χ1) is 22.8. The minimum absolute atomic E-state index is 0.480. The fourth-order valence-electron chi connectivity index (χ4n) is 9.27. The molecule has 2 unspecified atom stereocenters. The largest absolute Gasteiger partial charge is 0.456 e. The maximum atomic E-state index is 14.3. The van der Waals surface area contributed by atoms with E-state index in [1.54, 1.807) is 4.68 Å². The first-order valence-corrected chi connectivity index (χ1v) is 16.1. The molecule has 7 aromatic rings. The number of hydrogen-bond donors (Lipinski definition) is 0. The molecule has 4 aromatic heterocycles. The van der Waals surface area contributed by atoms with Crippen molar-refractivity contribution in [2.75, 3.05) is 0 Å². The first kappa shape index (κ1) is 26.9. The molecule has 1 aliphatic carbocycles. The number of allylic oxidation sites excluding steroid dienone is 1. The summed E-state index contributed by atoms with van der Waals surface area (Å²) in [6, 6.07) is 29.9. The van der Waals surface area contributed by atoms with Gasteiger partial charge in [-0.25, -0.2) is 4.68 Å². The summed E-state index contributed by atoms with van der Waals surface area (Å²) in [7, 11) is 0. The maximum absolute atomic E-state index is 14.3. The quantitative estimate of drug-likeness (QED) is 0.180. The zero-order valence-electron chi connectivity index (χ0n) is 26.0. The molecule has 0 radical (unpaired) electrons. The number of fused-ring (bicyclic) bond motifs is 15. The Hall–Kier alpha value is -5.24. The Morgan fingerprint density at radius 1 is 0.830 bits per heavy atom. The van der Waals surface area contributed by atoms with Crippen molar-refractivity contribution in [3.63, 3.8) is 0 Å². The molecule has 5 nitrogen and oxygen atoms in total. The monoisotopic (exact) mass is 626 g/mol. The van der Waals surface area contributed by atoms with Crippen LogP contribution in [0.5, 0.6) is 0 Å². The molecule has 10 rings (SSSR count). The Bertz CT molecular complexity index is 2570. The minimum Gasteiger partial charge on any atom is -0.456 e. The molecular formula is C39H29F3N4O+2. The summed E-state index contributed by atoms with van der Waals surface area (Å²) >= 11 is 0. The van der Waals surface area contributed by atoms with Crippen molar-refractivity contribution in [3.05, 3.63) is 120 Å². The lowest BCUT2D eigenvalue weighted by Gasteiger charge is -2.26. The second-order valence-electron chi connectivity index (χ2n) is 13.0. The van der Waals surface area contributed by atoms with Crippen LogP contribution < -0.4 is 9.13 Å². The Labute approximate surface area is 267 Å². The Balaban J connectivity index is 1.43. The highest BCUT2D eigenvalue weighted by Crippen LogP contribution is 2.71. The molecule has 1 saturated carbocycles. The van der Waals surface area contributed by atoms with Crippen LogP contribution in [0.4, 0.5) is 13.2 Å². The second kappa shape index (κ2) is 8.56. The number of halogens is 3. The lowest BCUT2D eigenvalue weighted by Crippen LogP contribution is -2.56. The van der Waals surface area contributed by atoms with Crippen LogP contribution in [0.1, 0.15) is 43.5 Å². The maximum Gasteiger partial charge on any atom is 0.435 e. The Morgan fingerprint density at radius 2 is 1.60 bits per heavy atom. The summed E-state index contributed by atoms with van der Waals surface area (Å²) in [5.41, 5.74) is 7.99. The highest BCUT2D eigenvalue weighted by molar-refractivity contribution is 6.15. The van der Waals surface area contributed by atoms with Crippen LogP contribution in [0.2, 0.25) is 0 Å². The Kier molecular flexibility index (Phi) is 4.90. The van der Waals surface area contributed by atoms with E-state index in [2.05, 4.69) is 77.5 Å². The molecule has 0 amide bonds. The van der Waals surface area contributed by atoms with Gasteiger partial charge < -0.3 is 4.42 Å². The zero-order chi connectivity index (χ0) is 32.0. The van der Waals surface area contributed by atoms with E-state index >= 15 is 0 Å². The molecule has 3 aliphatic rings. The number of pyridine rings is 2. The van der Waals surface area contributed by atoms with Gasteiger partial charge in [-0.05, 0) is 49.2 Å². The molecule has 0 spiro atoms. The predicted molar refractivity (Wildman–Crippen MR) is 173 cm³/mol. The van der Waals surface area contributed by atoms with E-state index in [1.165, 1.54) is 6.07 Å². The molecular weight excluding hydrogens is 597 g/mol. The summed E-state index contributed by atoms with van der Waals surface area (Å²) in [6.07, 6.45) is -1.30. The van der Waals surface area contributed by atoms with E-state index in [-0.39, 0.29) is 0 Å². The lowest BCUT2D eigenvalue weighted by molar-refractivity contribution is -0.735. The van der Waals surface area contributed by atoms with Gasteiger partial charge >= 0.3 is 6.18 Å². The normalized spacial score (nSPS) is 22.3. The number of aryl methyl sites for hydroxylation is 1. The number of hydrogen-bond acceptors (Lipinski definition) is 2. The summed E-state index contributed by atoms with van der Waals surface area (Å²) in [6.45, 7) is 6.36. The van der Waals surface area contributed by atoms with Crippen LogP contribution in [-0.2, 0) is 17.3 Å². The number of aromatic nitrogens is 4. The highest BCUT2D eigenvalue weighted by atomic mass is 19.4. The standard InChI is InChI=1S/C39H29F3N4O/c1-4-37-36(38(37,5-2)46-28(21-32(43-46)39(40,41)42)27-15-10-11-19-44(27)37)35-25-17-18-31-34(24-13-7-9-16-30(24)47-31)33(25)29-20-22(3)23-12-6-8-14-26(23)45(29)35/h6-21H,4-5H2,1-3H3/q+2. The molecule has 47 heavy (non-hydrogen) atoms. The molecule has 0 saturated heterocycles. The SMILES string of the molecule is CCC12C(=C3c4ccc5oc6ccccc6c5c4-c4cc(C)c5ccccc5[n+]43)C1(CC)[n+]1ccccc1-c1cc(C(F)(F)F)nn12. The van der Waals surface area contributed by atoms with Crippen molar-refractivity contribution in [1.29, 1.82) is 0 Å². The van der Waals surface area contributed by atoms with E-state index < -0.39 is 22.9 Å². The average molecular weight is 627 g/mol. The van der Waals surface area contributed by atoms with E-state index in [0.29, 0.717) is 18.5 Å². The Morgan fingerprint density at radius 3 is 2.38 bits per heavy atom. The van der Waals surface area contributed by atoms with E-state index in [0.717, 1.165) is 72.2 Å². The number of benzene rings is 3. The third-order valence-electron chi connectivity index (χ3n) is 11.0. The second-order valence-corrected chi connectivity index (χ2v) is 13.0. The molecule has 0 N–H and O–H groups in total. The van der Waals surface area contributed by atoms with Crippen LogP contribution in [0, 0.1) is 6.92 Å². The molecule has 6 heterocycles. The van der Waals surface area contributed by atoms with Crippen LogP contribution in [0.15, 0.2) is 107 Å². The molecule has 3 aromatic carbocycles. The topological polar surface area (TPSA) is 38.7 Å². The molecule has 230 valence electrons. The molecule has 2 aliphatic heterocycles. The number of rotatable bonds is 2. The van der Waals surface area contributed by atoms with Crippen LogP contribution >= 0.6 is 0 Å². The van der Waals surface area contributed by atoms with Gasteiger partial charge in [0.1, 0.15) is 22.4 Å². The van der Waals surface area contributed by atoms with E-state index in [9.17, 15) is 13.2 Å². The van der Waals surface area contributed by atoms with Crippen molar-refractivity contribution < 1.29 is 26.7 Å². The first-order valence-electron chi connectivity index (χ1n) is 16.1. The van der Waals surface area contributed by atoms with Crippen LogP contribution in [-0.4, -0.2) is 9.78 Å². The number of para-hydroxylation sites is 2. The van der Waals surface area contributed by atoms with Gasteiger partial charge in [-0.2, -0.15) is 27.4 Å². The zero-order valence-corrected chi connectivity index (χ0v) is 26.0. The predicted octanol–water partition coefficient (Wildman–Crippen LogP) is 8.68. The summed E-state index contributed by atoms with van der Waals surface area (Å²) in [5.74, 6) is 0. The third kappa shape index (κ3) is 2.96. The van der Waals surface area contributed by atoms with Gasteiger partial charge in [0.05, 0.1) is 11.1 Å². The van der Waals surface area contributed by atoms with Gasteiger partial charge in [0.25, 0.3) is 0 Å². The number of alkyl halides is 3. The fourth-order valence-corrected chi connectivity index (χ4v) is 9.27. The minimum atomic E-state index is -4.57. The van der Waals surface area contributed by atoms with Gasteiger partial charge in [0.2, 0.25) is 28.1 Å². The van der Waals surface area contributed by atoms with Crippen LogP contribution in [0.3, 0.4) is 0 Å². The highest BCUT2D eigenvalue weighted by Gasteiger charge is 2.86. The molecule has 0 bridgehead atoms. The van der Waals surface area contributed by atoms with Crippen molar-refractivity contribution in [2.45, 2.75) is 50.9 Å². The lowest BCUT2D eigenvalue weighted by atomic mass is 9.97. The summed E-state index contributed by atoms with van der Waals surface area (Å²) in [5, 5.41) is 7.60. The van der Waals surface area contributed by atoms with Gasteiger partial charge in [-0.15, -0.1) is 0 Å². The van der Waals surface area contributed by atoms with Gasteiger partial charge in [-0.3, -0.25) is 0 Å². The van der Waals surface area contributed by atoms with E-state index in [1.807, 2.05) is 48.7 Å². The average Bonchev–Trinajstić information content (AvgIpc) is 3.45. The summed E-state index contributed by atoms with van der Waals surface area (Å²) in [4.78, 5) is 0. The molecule has 8 heteroatoms. The summed E-state index contributed by atoms with van der Waals surface area (Å²) < 4.78 is 55.7. The molecule has 2 atom stereocenters. The van der Waals surface area contributed by atoms with Gasteiger partial charge in [-0.1, -0.05) is 44.2 Å². The van der Waals surface area contributed by atoms with Crippen molar-refractivity contribution >= 4 is 38.5 Å². The fraction of sp³-hybridized carbons (Fsp3) is 0.205. The van der Waals surface area contributed by atoms with Crippen molar-refractivity contribution in [3.8, 4) is 22.6 Å². The van der Waals surface area contributed by atoms with Gasteiger partial charge in [0.15, 0.2) is 17.4 Å². The number of furan rings is 1. The van der Waals surface area contributed by atoms with Gasteiger partial charge in [0, 0.05) is 52.9 Å². The smallest absolute Gasteiger partial charge is 0.435 e. The third-order valence-corrected chi connectivity index (χ3v) is 11.0. The van der Waals surface area contributed by atoms with Crippen LogP contribution in [0.25, 0.3) is 61.2 Å². The molecule has 1 fully saturated rings. The number of nitrogens with zero attached hydrogens (tertiary/aromatic N) is 4. The van der Waals surface area contributed by atoms with E-state index in [4.69, 9.17) is 4.42 Å². The van der Waals surface area contributed by atoms with Crippen molar-refractivity contribution in [1.82, 2.24) is 9.78 Å².